The molecule has 0 bridgehead atoms. The molecule has 3 heteroatoms. The minimum atomic E-state index is 0.157. The number of fused-ring (bicyclic) bond motifs is 1. The Morgan fingerprint density at radius 1 is 1.05 bits per heavy atom. The van der Waals surface area contributed by atoms with Crippen LogP contribution in [0.5, 0.6) is 0 Å². The fraction of sp³-hybridized carbons (Fsp3) is 0.412. The van der Waals surface area contributed by atoms with Gasteiger partial charge in [-0.25, -0.2) is 0 Å². The minimum absolute atomic E-state index is 0.157. The lowest BCUT2D eigenvalue weighted by atomic mass is 9.99. The van der Waals surface area contributed by atoms with E-state index >= 15 is 0 Å². The highest BCUT2D eigenvalue weighted by Gasteiger charge is 2.20. The van der Waals surface area contributed by atoms with Crippen LogP contribution in [0.2, 0.25) is 0 Å². The molecular formula is C17H20N2O. The number of pyridine rings is 1. The van der Waals surface area contributed by atoms with Gasteiger partial charge in [-0.3, -0.25) is 9.78 Å². The van der Waals surface area contributed by atoms with Gasteiger partial charge in [0.1, 0.15) is 0 Å². The molecule has 1 saturated carbocycles. The van der Waals surface area contributed by atoms with Crippen LogP contribution in [0.4, 0.5) is 5.69 Å². The molecule has 2 aromatic rings. The number of carbonyl (C=O) groups is 1. The summed E-state index contributed by atoms with van der Waals surface area (Å²) in [4.78, 5) is 16.8. The van der Waals surface area contributed by atoms with Crippen LogP contribution < -0.4 is 5.32 Å². The van der Waals surface area contributed by atoms with Gasteiger partial charge in [0, 0.05) is 17.5 Å². The van der Waals surface area contributed by atoms with E-state index in [-0.39, 0.29) is 11.8 Å². The molecule has 20 heavy (non-hydrogen) atoms. The van der Waals surface area contributed by atoms with Gasteiger partial charge in [-0.1, -0.05) is 43.9 Å². The molecule has 3 rings (SSSR count). The molecular weight excluding hydrogens is 248 g/mol. The van der Waals surface area contributed by atoms with E-state index in [0.29, 0.717) is 0 Å². The second-order valence-corrected chi connectivity index (χ2v) is 5.56. The number of carbonyl (C=O) groups excluding carboxylic acids is 1. The topological polar surface area (TPSA) is 42.0 Å². The van der Waals surface area contributed by atoms with Crippen molar-refractivity contribution in [3.05, 3.63) is 36.5 Å². The smallest absolute Gasteiger partial charge is 0.227 e. The number of para-hydroxylation sites is 1. The van der Waals surface area contributed by atoms with E-state index in [1.165, 1.54) is 25.7 Å². The summed E-state index contributed by atoms with van der Waals surface area (Å²) >= 11 is 0. The Bertz CT molecular complexity index is 595. The molecule has 0 spiro atoms. The highest BCUT2D eigenvalue weighted by molar-refractivity contribution is 6.00. The highest BCUT2D eigenvalue weighted by atomic mass is 16.1. The first kappa shape index (κ1) is 13.1. The van der Waals surface area contributed by atoms with Crippen LogP contribution in [0, 0.1) is 5.92 Å². The van der Waals surface area contributed by atoms with E-state index in [2.05, 4.69) is 10.3 Å². The first-order valence-corrected chi connectivity index (χ1v) is 7.49. The average Bonchev–Trinajstić information content (AvgIpc) is 2.77. The Balaban J connectivity index is 1.80. The van der Waals surface area contributed by atoms with Crippen LogP contribution >= 0.6 is 0 Å². The molecule has 1 amide bonds. The molecule has 0 saturated heterocycles. The van der Waals surface area contributed by atoms with Crippen LogP contribution in [0.3, 0.4) is 0 Å². The Kier molecular flexibility index (Phi) is 3.95. The standard InChI is InChI=1S/C17H20N2O/c20-17(14-7-3-1-2-4-8-14)19-15-11-5-9-13-10-6-12-18-16(13)15/h5-6,9-12,14H,1-4,7-8H2,(H,19,20). The van der Waals surface area contributed by atoms with Gasteiger partial charge in [0.05, 0.1) is 11.2 Å². The van der Waals surface area contributed by atoms with Crippen molar-refractivity contribution in [3.63, 3.8) is 0 Å². The van der Waals surface area contributed by atoms with E-state index < -0.39 is 0 Å². The number of aromatic nitrogens is 1. The summed E-state index contributed by atoms with van der Waals surface area (Å²) in [7, 11) is 0. The van der Waals surface area contributed by atoms with Crippen LogP contribution in [0.15, 0.2) is 36.5 Å². The molecule has 0 unspecified atom stereocenters. The van der Waals surface area contributed by atoms with Crippen molar-refractivity contribution in [1.82, 2.24) is 4.98 Å². The first-order chi connectivity index (χ1) is 9.84. The number of nitrogens with zero attached hydrogens (tertiary/aromatic N) is 1. The summed E-state index contributed by atoms with van der Waals surface area (Å²) in [6, 6.07) is 9.85. The maximum atomic E-state index is 12.4. The van der Waals surface area contributed by atoms with Gasteiger partial charge in [-0.2, -0.15) is 0 Å². The molecule has 1 aliphatic rings. The van der Waals surface area contributed by atoms with Crippen molar-refractivity contribution >= 4 is 22.5 Å². The molecule has 1 aliphatic carbocycles. The lowest BCUT2D eigenvalue weighted by Gasteiger charge is -2.15. The molecule has 0 radical (unpaired) electrons. The maximum Gasteiger partial charge on any atom is 0.227 e. The minimum Gasteiger partial charge on any atom is -0.324 e. The van der Waals surface area contributed by atoms with Crippen molar-refractivity contribution in [3.8, 4) is 0 Å². The summed E-state index contributed by atoms with van der Waals surface area (Å²) in [6.45, 7) is 0. The van der Waals surface area contributed by atoms with Gasteiger partial charge in [-0.05, 0) is 25.0 Å². The summed E-state index contributed by atoms with van der Waals surface area (Å²) in [5.41, 5.74) is 1.70. The van der Waals surface area contributed by atoms with E-state index in [9.17, 15) is 4.79 Å². The van der Waals surface area contributed by atoms with Crippen molar-refractivity contribution < 1.29 is 4.79 Å². The molecule has 104 valence electrons. The fourth-order valence-corrected chi connectivity index (χ4v) is 2.98. The van der Waals surface area contributed by atoms with Crippen molar-refractivity contribution in [1.29, 1.82) is 0 Å². The zero-order valence-corrected chi connectivity index (χ0v) is 11.6. The van der Waals surface area contributed by atoms with Crippen LogP contribution in [0.25, 0.3) is 10.9 Å². The van der Waals surface area contributed by atoms with Gasteiger partial charge in [-0.15, -0.1) is 0 Å². The van der Waals surface area contributed by atoms with E-state index in [1.807, 2.05) is 30.3 Å². The highest BCUT2D eigenvalue weighted by Crippen LogP contribution is 2.26. The number of amides is 1. The van der Waals surface area contributed by atoms with Gasteiger partial charge >= 0.3 is 0 Å². The van der Waals surface area contributed by atoms with E-state index in [1.54, 1.807) is 6.20 Å². The third-order valence-corrected chi connectivity index (χ3v) is 4.12. The Labute approximate surface area is 119 Å². The molecule has 1 N–H and O–H groups in total. The Morgan fingerprint density at radius 3 is 2.60 bits per heavy atom. The van der Waals surface area contributed by atoms with Crippen molar-refractivity contribution in [2.75, 3.05) is 5.32 Å². The zero-order valence-electron chi connectivity index (χ0n) is 11.6. The van der Waals surface area contributed by atoms with E-state index in [0.717, 1.165) is 29.4 Å². The average molecular weight is 268 g/mol. The second kappa shape index (κ2) is 6.04. The van der Waals surface area contributed by atoms with Crippen molar-refractivity contribution in [2.45, 2.75) is 38.5 Å². The van der Waals surface area contributed by atoms with E-state index in [4.69, 9.17) is 0 Å². The number of anilines is 1. The molecule has 0 atom stereocenters. The SMILES string of the molecule is O=C(Nc1cccc2cccnc12)C1CCCCCC1. The Hall–Kier alpha value is -1.90. The van der Waals surface area contributed by atoms with Gasteiger partial charge in [0.2, 0.25) is 5.91 Å². The third kappa shape index (κ3) is 2.82. The Morgan fingerprint density at radius 2 is 1.80 bits per heavy atom. The third-order valence-electron chi connectivity index (χ3n) is 4.12. The number of hydrogen-bond acceptors (Lipinski definition) is 2. The molecule has 0 aliphatic heterocycles. The fourth-order valence-electron chi connectivity index (χ4n) is 2.98. The lowest BCUT2D eigenvalue weighted by molar-refractivity contribution is -0.120. The van der Waals surface area contributed by atoms with Crippen LogP contribution in [-0.4, -0.2) is 10.9 Å². The summed E-state index contributed by atoms with van der Waals surface area (Å²) < 4.78 is 0. The zero-order chi connectivity index (χ0) is 13.8. The number of rotatable bonds is 2. The quantitative estimate of drug-likeness (QED) is 0.831. The van der Waals surface area contributed by atoms with Gasteiger partial charge in [0.15, 0.2) is 0 Å². The van der Waals surface area contributed by atoms with Crippen molar-refractivity contribution in [2.24, 2.45) is 5.92 Å². The maximum absolute atomic E-state index is 12.4. The lowest BCUT2D eigenvalue weighted by Crippen LogP contribution is -2.22. The summed E-state index contributed by atoms with van der Waals surface area (Å²) in [5.74, 6) is 0.321. The number of nitrogens with one attached hydrogen (secondary N) is 1. The van der Waals surface area contributed by atoms with Crippen LogP contribution in [0.1, 0.15) is 38.5 Å². The molecule has 1 heterocycles. The monoisotopic (exact) mass is 268 g/mol. The summed E-state index contributed by atoms with van der Waals surface area (Å²) in [6.07, 6.45) is 8.68. The molecule has 1 aromatic carbocycles. The predicted molar refractivity (Wildman–Crippen MR) is 81.6 cm³/mol. The predicted octanol–water partition coefficient (Wildman–Crippen LogP) is 4.14. The first-order valence-electron chi connectivity index (χ1n) is 7.49. The molecule has 1 aromatic heterocycles. The van der Waals surface area contributed by atoms with Crippen LogP contribution in [-0.2, 0) is 4.79 Å². The van der Waals surface area contributed by atoms with Gasteiger partial charge < -0.3 is 5.32 Å². The summed E-state index contributed by atoms with van der Waals surface area (Å²) in [5, 5.41) is 4.14. The number of hydrogen-bond donors (Lipinski definition) is 1. The largest absolute Gasteiger partial charge is 0.324 e. The number of benzene rings is 1. The molecule has 3 nitrogen and oxygen atoms in total. The normalized spacial score (nSPS) is 16.8. The van der Waals surface area contributed by atoms with Gasteiger partial charge in [0.25, 0.3) is 0 Å². The molecule has 1 fully saturated rings. The second-order valence-electron chi connectivity index (χ2n) is 5.56.